The van der Waals surface area contributed by atoms with Gasteiger partial charge in [0.25, 0.3) is 21.7 Å². The Morgan fingerprint density at radius 1 is 1.24 bits per heavy atom. The van der Waals surface area contributed by atoms with E-state index in [-0.39, 0.29) is 10.7 Å². The van der Waals surface area contributed by atoms with Gasteiger partial charge in [-0.2, -0.15) is 13.5 Å². The minimum Gasteiger partial charge on any atom is -0.322 e. The quantitative estimate of drug-likeness (QED) is 0.219. The Balaban J connectivity index is 2.35. The third-order valence-electron chi connectivity index (χ3n) is 3.49. The third-order valence-corrected chi connectivity index (χ3v) is 4.67. The van der Waals surface area contributed by atoms with Crippen LogP contribution in [0.15, 0.2) is 57.6 Å². The first-order valence-corrected chi connectivity index (χ1v) is 9.55. The van der Waals surface area contributed by atoms with Crippen LogP contribution in [0.1, 0.15) is 6.92 Å². The molecule has 11 nitrogen and oxygen atoms in total. The topological polar surface area (TPSA) is 168 Å². The molecule has 2 N–H and O–H groups in total. The molecule has 1 amide bonds. The molecule has 2 aromatic carbocycles. The van der Waals surface area contributed by atoms with E-state index in [4.69, 9.17) is 16.2 Å². The smallest absolute Gasteiger partial charge is 0.298 e. The molecule has 0 aliphatic carbocycles. The van der Waals surface area contributed by atoms with E-state index in [1.165, 1.54) is 12.1 Å². The number of nitro benzene ring substituents is 1. The zero-order valence-corrected chi connectivity index (χ0v) is 16.2. The van der Waals surface area contributed by atoms with Gasteiger partial charge in [0.2, 0.25) is 6.04 Å². The Labute approximate surface area is 169 Å². The van der Waals surface area contributed by atoms with E-state index in [0.29, 0.717) is 6.07 Å². The van der Waals surface area contributed by atoms with E-state index in [0.717, 1.165) is 19.1 Å². The van der Waals surface area contributed by atoms with Crippen molar-refractivity contribution >= 4 is 50.5 Å². The van der Waals surface area contributed by atoms with Crippen LogP contribution in [0.3, 0.4) is 0 Å². The second-order valence-corrected chi connectivity index (χ2v) is 7.41. The number of hydrogen-bond acceptors (Lipinski definition) is 8. The molecule has 152 valence electrons. The summed E-state index contributed by atoms with van der Waals surface area (Å²) in [5.41, 5.74) is -0.985. The molecule has 2 rings (SSSR count). The minimum atomic E-state index is -4.68. The highest BCUT2D eigenvalue weighted by atomic mass is 35.5. The van der Waals surface area contributed by atoms with Crippen LogP contribution < -0.4 is 5.32 Å². The molecular weight excluding hydrogens is 428 g/mol. The standard InChI is InChI=1S/C16H13ClN4O7S/c1-9(22)15(16(23)18-12-5-3-2-4-11(12)17)20-19-13-7-6-10(29(26,27)28)8-14(13)21(24)25/h2-8,15H,1H3,(H,18,23)(H,26,27,28)/b20-19+. The summed E-state index contributed by atoms with van der Waals surface area (Å²) in [7, 11) is -4.68. The van der Waals surface area contributed by atoms with Crippen molar-refractivity contribution in [3.8, 4) is 0 Å². The summed E-state index contributed by atoms with van der Waals surface area (Å²) < 4.78 is 31.3. The highest BCUT2D eigenvalue weighted by molar-refractivity contribution is 7.85. The molecule has 1 atom stereocenters. The predicted octanol–water partition coefficient (Wildman–Crippen LogP) is 3.17. The molecule has 0 aromatic heterocycles. The van der Waals surface area contributed by atoms with Crippen molar-refractivity contribution in [2.75, 3.05) is 5.32 Å². The van der Waals surface area contributed by atoms with Gasteiger partial charge in [-0.15, -0.1) is 5.11 Å². The molecule has 13 heteroatoms. The fraction of sp³-hybridized carbons (Fsp3) is 0.125. The van der Waals surface area contributed by atoms with Crippen molar-refractivity contribution in [2.24, 2.45) is 10.2 Å². The first kappa shape index (κ1) is 22.1. The van der Waals surface area contributed by atoms with Crippen LogP contribution in [-0.4, -0.2) is 35.6 Å². The van der Waals surface area contributed by atoms with Crippen LogP contribution in [0.5, 0.6) is 0 Å². The number of nitrogens with one attached hydrogen (secondary N) is 1. The Bertz CT molecular complexity index is 1120. The largest absolute Gasteiger partial charge is 0.322 e. The summed E-state index contributed by atoms with van der Waals surface area (Å²) in [6.45, 7) is 1.08. The van der Waals surface area contributed by atoms with Crippen molar-refractivity contribution in [3.05, 3.63) is 57.6 Å². The lowest BCUT2D eigenvalue weighted by atomic mass is 10.2. The monoisotopic (exact) mass is 440 g/mol. The molecule has 0 saturated heterocycles. The maximum atomic E-state index is 12.3. The first-order valence-electron chi connectivity index (χ1n) is 7.73. The van der Waals surface area contributed by atoms with Gasteiger partial charge >= 0.3 is 0 Å². The number of carbonyl (C=O) groups is 2. The number of para-hydroxylation sites is 1. The van der Waals surface area contributed by atoms with E-state index >= 15 is 0 Å². The van der Waals surface area contributed by atoms with Crippen LogP contribution >= 0.6 is 11.6 Å². The molecule has 2 aromatic rings. The third kappa shape index (κ3) is 5.63. The van der Waals surface area contributed by atoms with Gasteiger partial charge in [0.1, 0.15) is 4.90 Å². The van der Waals surface area contributed by atoms with E-state index in [1.54, 1.807) is 12.1 Å². The van der Waals surface area contributed by atoms with E-state index in [1.807, 2.05) is 0 Å². The highest BCUT2D eigenvalue weighted by Gasteiger charge is 2.25. The molecule has 0 fully saturated rings. The number of rotatable bonds is 7. The van der Waals surface area contributed by atoms with Gasteiger partial charge in [-0.3, -0.25) is 24.3 Å². The molecule has 0 heterocycles. The first-order chi connectivity index (χ1) is 13.5. The lowest BCUT2D eigenvalue weighted by Gasteiger charge is -2.10. The highest BCUT2D eigenvalue weighted by Crippen LogP contribution is 2.30. The second kappa shape index (κ2) is 8.86. The number of Topliss-reactive ketones (excluding diaryl/α,β-unsaturated/α-hetero) is 1. The zero-order valence-electron chi connectivity index (χ0n) is 14.6. The average Bonchev–Trinajstić information content (AvgIpc) is 2.62. The summed E-state index contributed by atoms with van der Waals surface area (Å²) in [6.07, 6.45) is 0. The van der Waals surface area contributed by atoms with E-state index < -0.39 is 49.0 Å². The van der Waals surface area contributed by atoms with Crippen LogP contribution in [0.2, 0.25) is 5.02 Å². The summed E-state index contributed by atoms with van der Waals surface area (Å²) in [5.74, 6) is -1.57. The molecule has 0 aliphatic rings. The number of benzene rings is 2. The normalized spacial score (nSPS) is 12.5. The van der Waals surface area contributed by atoms with Crippen molar-refractivity contribution in [1.29, 1.82) is 0 Å². The molecule has 0 saturated carbocycles. The summed E-state index contributed by atoms with van der Waals surface area (Å²) in [4.78, 5) is 33.6. The number of ketones is 1. The molecule has 1 unspecified atom stereocenters. The van der Waals surface area contributed by atoms with Gasteiger partial charge in [0.15, 0.2) is 11.5 Å². The molecular formula is C16H13ClN4O7S. The van der Waals surface area contributed by atoms with Crippen LogP contribution in [-0.2, 0) is 19.7 Å². The number of anilines is 1. The number of hydrogen-bond donors (Lipinski definition) is 2. The summed E-state index contributed by atoms with van der Waals surface area (Å²) >= 11 is 5.93. The second-order valence-electron chi connectivity index (χ2n) is 5.58. The molecule has 0 bridgehead atoms. The molecule has 0 radical (unpaired) electrons. The molecule has 0 spiro atoms. The van der Waals surface area contributed by atoms with Crippen molar-refractivity contribution in [2.45, 2.75) is 17.9 Å². The summed E-state index contributed by atoms with van der Waals surface area (Å²) in [6, 6.07) is 6.97. The Morgan fingerprint density at radius 2 is 1.90 bits per heavy atom. The van der Waals surface area contributed by atoms with Gasteiger partial charge in [-0.1, -0.05) is 23.7 Å². The SMILES string of the molecule is CC(=O)C(/N=N/c1ccc(S(=O)(=O)O)cc1[N+](=O)[O-])C(=O)Nc1ccccc1Cl. The number of halogens is 1. The lowest BCUT2D eigenvalue weighted by molar-refractivity contribution is -0.384. The Hall–Kier alpha value is -3.22. The van der Waals surface area contributed by atoms with Crippen molar-refractivity contribution in [3.63, 3.8) is 0 Å². The van der Waals surface area contributed by atoms with Gasteiger partial charge in [0, 0.05) is 6.07 Å². The van der Waals surface area contributed by atoms with E-state index in [9.17, 15) is 28.1 Å². The Morgan fingerprint density at radius 3 is 2.45 bits per heavy atom. The maximum absolute atomic E-state index is 12.3. The number of azo groups is 1. The fourth-order valence-corrected chi connectivity index (χ4v) is 2.78. The van der Waals surface area contributed by atoms with E-state index in [2.05, 4.69) is 15.5 Å². The number of amides is 1. The number of carbonyl (C=O) groups excluding carboxylic acids is 2. The lowest BCUT2D eigenvalue weighted by Crippen LogP contribution is -2.31. The molecule has 0 aliphatic heterocycles. The summed E-state index contributed by atoms with van der Waals surface area (Å²) in [5, 5.41) is 20.9. The van der Waals surface area contributed by atoms with Crippen LogP contribution in [0.25, 0.3) is 0 Å². The molecule has 29 heavy (non-hydrogen) atoms. The van der Waals surface area contributed by atoms with Gasteiger partial charge in [-0.05, 0) is 31.2 Å². The predicted molar refractivity (Wildman–Crippen MR) is 102 cm³/mol. The van der Waals surface area contributed by atoms with Crippen LogP contribution in [0, 0.1) is 10.1 Å². The average molecular weight is 441 g/mol. The number of nitrogens with zero attached hydrogens (tertiary/aromatic N) is 3. The van der Waals surface area contributed by atoms with Crippen LogP contribution in [0.4, 0.5) is 17.1 Å². The van der Waals surface area contributed by atoms with Gasteiger partial charge < -0.3 is 5.32 Å². The maximum Gasteiger partial charge on any atom is 0.298 e. The Kier molecular flexibility index (Phi) is 6.74. The van der Waals surface area contributed by atoms with Crippen molar-refractivity contribution < 1.29 is 27.5 Å². The van der Waals surface area contributed by atoms with Crippen molar-refractivity contribution in [1.82, 2.24) is 0 Å². The fourth-order valence-electron chi connectivity index (χ4n) is 2.10. The van der Waals surface area contributed by atoms with Gasteiger partial charge in [0.05, 0.1) is 15.6 Å². The number of nitro groups is 1. The zero-order chi connectivity index (χ0) is 21.8. The minimum absolute atomic E-state index is 0.219. The van der Waals surface area contributed by atoms with Gasteiger partial charge in [-0.25, -0.2) is 0 Å².